The molecule has 9 heteroatoms. The van der Waals surface area contributed by atoms with Crippen LogP contribution in [0.4, 0.5) is 0 Å². The smallest absolute Gasteiger partial charge is 0.242 e. The van der Waals surface area contributed by atoms with Crippen LogP contribution in [0.5, 0.6) is 0 Å². The molecule has 0 N–H and O–H groups in total. The van der Waals surface area contributed by atoms with E-state index in [9.17, 15) is 8.42 Å². The van der Waals surface area contributed by atoms with Crippen LogP contribution in [-0.2, 0) is 22.8 Å². The maximum absolute atomic E-state index is 12.3. The molecule has 142 valence electrons. The van der Waals surface area contributed by atoms with E-state index >= 15 is 0 Å². The van der Waals surface area contributed by atoms with Crippen LogP contribution < -0.4 is 0 Å². The van der Waals surface area contributed by atoms with E-state index in [0.717, 1.165) is 22.1 Å². The summed E-state index contributed by atoms with van der Waals surface area (Å²) in [6, 6.07) is 14.4. The fourth-order valence-corrected chi connectivity index (χ4v) is 4.40. The molecule has 0 aliphatic rings. The third kappa shape index (κ3) is 4.35. The van der Waals surface area contributed by atoms with Crippen molar-refractivity contribution in [1.29, 1.82) is 0 Å². The molecule has 0 saturated heterocycles. The molecule has 3 aromatic rings. The molecule has 6 nitrogen and oxygen atoms in total. The highest BCUT2D eigenvalue weighted by atomic mass is 35.5. The molecule has 3 rings (SSSR count). The molecule has 0 aliphatic heterocycles. The van der Waals surface area contributed by atoms with Crippen molar-refractivity contribution >= 4 is 33.4 Å². The first kappa shape index (κ1) is 19.9. The van der Waals surface area contributed by atoms with E-state index in [1.54, 1.807) is 18.2 Å². The van der Waals surface area contributed by atoms with Gasteiger partial charge >= 0.3 is 0 Å². The van der Waals surface area contributed by atoms with E-state index in [0.29, 0.717) is 10.8 Å². The lowest BCUT2D eigenvalue weighted by Crippen LogP contribution is -2.22. The second kappa shape index (κ2) is 8.02. The third-order valence-electron chi connectivity index (χ3n) is 3.98. The normalized spacial score (nSPS) is 11.9. The maximum atomic E-state index is 12.3. The molecule has 0 fully saturated rings. The number of aromatic nitrogens is 3. The molecule has 1 aromatic heterocycles. The van der Waals surface area contributed by atoms with Crippen LogP contribution in [0.25, 0.3) is 11.4 Å². The summed E-state index contributed by atoms with van der Waals surface area (Å²) in [6.07, 6.45) is 0. The summed E-state index contributed by atoms with van der Waals surface area (Å²) in [5.41, 5.74) is 1.83. The van der Waals surface area contributed by atoms with Crippen LogP contribution in [0.15, 0.2) is 58.6 Å². The zero-order valence-electron chi connectivity index (χ0n) is 15.1. The molecule has 0 saturated carbocycles. The molecule has 1 heterocycles. The molecule has 0 spiro atoms. The monoisotopic (exact) mass is 422 g/mol. The SMILES string of the molecule is CN(C)S(=O)(=O)c1cccc(CSc2nnc(-c3ccc(Cl)cc3)n2C)c1. The zero-order valence-corrected chi connectivity index (χ0v) is 17.5. The minimum absolute atomic E-state index is 0.283. The summed E-state index contributed by atoms with van der Waals surface area (Å²) in [5, 5.41) is 9.92. The van der Waals surface area contributed by atoms with Gasteiger partial charge in [-0.05, 0) is 42.0 Å². The molecule has 2 aromatic carbocycles. The molecular formula is C18H19ClN4O2S2. The number of nitrogens with zero attached hydrogens (tertiary/aromatic N) is 4. The van der Waals surface area contributed by atoms with E-state index in [1.807, 2.05) is 41.9 Å². The molecule has 0 amide bonds. The lowest BCUT2D eigenvalue weighted by molar-refractivity contribution is 0.520. The van der Waals surface area contributed by atoms with E-state index in [-0.39, 0.29) is 4.90 Å². The van der Waals surface area contributed by atoms with E-state index in [1.165, 1.54) is 30.2 Å². The second-order valence-corrected chi connectivity index (χ2v) is 9.63. The van der Waals surface area contributed by atoms with Crippen molar-refractivity contribution in [2.75, 3.05) is 14.1 Å². The largest absolute Gasteiger partial charge is 0.305 e. The Bertz CT molecular complexity index is 1050. The third-order valence-corrected chi connectivity index (χ3v) is 7.14. The summed E-state index contributed by atoms with van der Waals surface area (Å²) in [6.45, 7) is 0. The van der Waals surface area contributed by atoms with Gasteiger partial charge in [0.1, 0.15) is 0 Å². The van der Waals surface area contributed by atoms with Gasteiger partial charge in [0.2, 0.25) is 10.0 Å². The van der Waals surface area contributed by atoms with Gasteiger partial charge in [-0.15, -0.1) is 10.2 Å². The Morgan fingerprint density at radius 3 is 2.48 bits per heavy atom. The van der Waals surface area contributed by atoms with Crippen LogP contribution in [0.1, 0.15) is 5.56 Å². The van der Waals surface area contributed by atoms with Gasteiger partial charge in [0.15, 0.2) is 11.0 Å². The topological polar surface area (TPSA) is 68.1 Å². The quantitative estimate of drug-likeness (QED) is 0.567. The van der Waals surface area contributed by atoms with Gasteiger partial charge in [-0.3, -0.25) is 0 Å². The second-order valence-electron chi connectivity index (χ2n) is 6.10. The van der Waals surface area contributed by atoms with Crippen LogP contribution in [0, 0.1) is 0 Å². The fraction of sp³-hybridized carbons (Fsp3) is 0.222. The van der Waals surface area contributed by atoms with Gasteiger partial charge in [-0.25, -0.2) is 12.7 Å². The number of hydrogen-bond donors (Lipinski definition) is 0. The van der Waals surface area contributed by atoms with Gasteiger partial charge in [0.25, 0.3) is 0 Å². The van der Waals surface area contributed by atoms with Crippen LogP contribution in [0.3, 0.4) is 0 Å². The van der Waals surface area contributed by atoms with E-state index in [4.69, 9.17) is 11.6 Å². The molecule has 27 heavy (non-hydrogen) atoms. The first-order valence-corrected chi connectivity index (χ1v) is 10.9. The van der Waals surface area contributed by atoms with Gasteiger partial charge in [0, 0.05) is 37.5 Å². The lowest BCUT2D eigenvalue weighted by Gasteiger charge is -2.12. The highest BCUT2D eigenvalue weighted by Crippen LogP contribution is 2.27. The summed E-state index contributed by atoms with van der Waals surface area (Å²) < 4.78 is 27.7. The first-order chi connectivity index (χ1) is 12.8. The Hall–Kier alpha value is -1.87. The predicted octanol–water partition coefficient (Wildman–Crippen LogP) is 3.68. The number of thioether (sulfide) groups is 1. The molecule has 0 bridgehead atoms. The van der Waals surface area contributed by atoms with Gasteiger partial charge in [0.05, 0.1) is 4.90 Å². The zero-order chi connectivity index (χ0) is 19.6. The summed E-state index contributed by atoms with van der Waals surface area (Å²) in [5.74, 6) is 1.33. The number of benzene rings is 2. The van der Waals surface area contributed by atoms with Crippen molar-refractivity contribution in [3.8, 4) is 11.4 Å². The van der Waals surface area contributed by atoms with Gasteiger partial charge in [-0.2, -0.15) is 0 Å². The van der Waals surface area contributed by atoms with Gasteiger partial charge < -0.3 is 4.57 Å². The van der Waals surface area contributed by atoms with Crippen molar-refractivity contribution in [2.24, 2.45) is 7.05 Å². The number of halogens is 1. The Balaban J connectivity index is 1.77. The van der Waals surface area contributed by atoms with Crippen molar-refractivity contribution < 1.29 is 8.42 Å². The Labute approximate surface area is 168 Å². The average molecular weight is 423 g/mol. The van der Waals surface area contributed by atoms with Gasteiger partial charge in [-0.1, -0.05) is 35.5 Å². The summed E-state index contributed by atoms with van der Waals surface area (Å²) in [7, 11) is 1.50. The maximum Gasteiger partial charge on any atom is 0.242 e. The Kier molecular flexibility index (Phi) is 5.90. The summed E-state index contributed by atoms with van der Waals surface area (Å²) in [4.78, 5) is 0.283. The summed E-state index contributed by atoms with van der Waals surface area (Å²) >= 11 is 7.43. The Morgan fingerprint density at radius 1 is 1.11 bits per heavy atom. The first-order valence-electron chi connectivity index (χ1n) is 8.08. The Morgan fingerprint density at radius 2 is 1.81 bits per heavy atom. The van der Waals surface area contributed by atoms with Crippen molar-refractivity contribution in [1.82, 2.24) is 19.1 Å². The number of rotatable bonds is 6. The highest BCUT2D eigenvalue weighted by molar-refractivity contribution is 7.98. The van der Waals surface area contributed by atoms with Crippen molar-refractivity contribution in [3.63, 3.8) is 0 Å². The average Bonchev–Trinajstić information content (AvgIpc) is 3.01. The number of hydrogen-bond acceptors (Lipinski definition) is 5. The van der Waals surface area contributed by atoms with Crippen LogP contribution in [0.2, 0.25) is 5.02 Å². The molecule has 0 atom stereocenters. The lowest BCUT2D eigenvalue weighted by atomic mass is 10.2. The fourth-order valence-electron chi connectivity index (χ4n) is 2.45. The molecule has 0 aliphatic carbocycles. The standard InChI is InChI=1S/C18H19ClN4O2S2/c1-22(2)27(24,25)16-6-4-5-13(11-16)12-26-18-21-20-17(23(18)3)14-7-9-15(19)10-8-14/h4-11H,12H2,1-3H3. The van der Waals surface area contributed by atoms with Crippen LogP contribution >= 0.6 is 23.4 Å². The van der Waals surface area contributed by atoms with Crippen LogP contribution in [-0.4, -0.2) is 41.6 Å². The van der Waals surface area contributed by atoms with Crippen molar-refractivity contribution in [2.45, 2.75) is 15.8 Å². The number of sulfonamides is 1. The molecule has 0 unspecified atom stereocenters. The minimum Gasteiger partial charge on any atom is -0.305 e. The minimum atomic E-state index is -3.45. The highest BCUT2D eigenvalue weighted by Gasteiger charge is 2.17. The molecular weight excluding hydrogens is 404 g/mol. The van der Waals surface area contributed by atoms with E-state index < -0.39 is 10.0 Å². The predicted molar refractivity (Wildman–Crippen MR) is 108 cm³/mol. The molecule has 0 radical (unpaired) electrons. The van der Waals surface area contributed by atoms with Crippen molar-refractivity contribution in [3.05, 3.63) is 59.1 Å². The van der Waals surface area contributed by atoms with E-state index in [2.05, 4.69) is 10.2 Å².